The predicted octanol–water partition coefficient (Wildman–Crippen LogP) is 3.74. The number of carbonyl (C=O) groups excluding carboxylic acids is 1. The van der Waals surface area contributed by atoms with Gasteiger partial charge in [-0.05, 0) is 51.0 Å². The Kier molecular flexibility index (Phi) is 5.77. The molecular weight excluding hydrogens is 366 g/mol. The molecule has 0 bridgehead atoms. The number of hydrogen-bond donors (Lipinski definition) is 1. The Morgan fingerprint density at radius 1 is 1.35 bits per heavy atom. The van der Waals surface area contributed by atoms with E-state index in [0.717, 1.165) is 20.7 Å². The molecule has 3 rings (SSSR count). The van der Waals surface area contributed by atoms with Crippen LogP contribution in [0.4, 0.5) is 0 Å². The molecule has 0 saturated heterocycles. The van der Waals surface area contributed by atoms with E-state index in [-0.39, 0.29) is 23.3 Å². The lowest BCUT2D eigenvalue weighted by molar-refractivity contribution is -0.119. The van der Waals surface area contributed by atoms with Gasteiger partial charge in [-0.25, -0.2) is 4.98 Å². The molecule has 2 aromatic heterocycles. The second kappa shape index (κ2) is 7.72. The quantitative estimate of drug-likeness (QED) is 0.575. The van der Waals surface area contributed by atoms with Gasteiger partial charge in [0.25, 0.3) is 5.56 Å². The molecule has 1 saturated carbocycles. The van der Waals surface area contributed by atoms with Gasteiger partial charge in [-0.1, -0.05) is 25.6 Å². The Morgan fingerprint density at radius 3 is 2.65 bits per heavy atom. The lowest BCUT2D eigenvalue weighted by Gasteiger charge is -2.15. The molecule has 0 radical (unpaired) electrons. The van der Waals surface area contributed by atoms with Gasteiger partial charge in [0.05, 0.1) is 11.1 Å². The Morgan fingerprint density at radius 2 is 2.04 bits per heavy atom. The van der Waals surface area contributed by atoms with Crippen LogP contribution in [0.15, 0.2) is 9.95 Å². The topological polar surface area (TPSA) is 64.0 Å². The van der Waals surface area contributed by atoms with Gasteiger partial charge in [-0.2, -0.15) is 0 Å². The number of fused-ring (bicyclic) bond motifs is 1. The maximum absolute atomic E-state index is 13.1. The average Bonchev–Trinajstić information content (AvgIpc) is 3.36. The van der Waals surface area contributed by atoms with E-state index in [1.54, 1.807) is 15.9 Å². The Bertz CT molecular complexity index is 881. The van der Waals surface area contributed by atoms with E-state index >= 15 is 0 Å². The first-order valence-electron chi connectivity index (χ1n) is 9.20. The number of nitrogens with one attached hydrogen (secondary N) is 1. The van der Waals surface area contributed by atoms with E-state index in [1.807, 2.05) is 13.8 Å². The number of nitrogens with zero attached hydrogens (tertiary/aromatic N) is 2. The van der Waals surface area contributed by atoms with Gasteiger partial charge in [-0.15, -0.1) is 11.3 Å². The van der Waals surface area contributed by atoms with Crippen LogP contribution in [0.25, 0.3) is 10.2 Å². The van der Waals surface area contributed by atoms with Crippen molar-refractivity contribution in [1.82, 2.24) is 14.9 Å². The highest BCUT2D eigenvalue weighted by molar-refractivity contribution is 7.99. The minimum Gasteiger partial charge on any atom is -0.353 e. The smallest absolute Gasteiger partial charge is 0.263 e. The van der Waals surface area contributed by atoms with E-state index in [0.29, 0.717) is 23.5 Å². The molecule has 7 heteroatoms. The molecule has 1 amide bonds. The molecule has 0 spiro atoms. The van der Waals surface area contributed by atoms with Gasteiger partial charge >= 0.3 is 0 Å². The summed E-state index contributed by atoms with van der Waals surface area (Å²) in [5.74, 6) is 1.26. The second-order valence-electron chi connectivity index (χ2n) is 7.65. The van der Waals surface area contributed by atoms with E-state index in [1.165, 1.54) is 24.6 Å². The van der Waals surface area contributed by atoms with Crippen molar-refractivity contribution in [3.8, 4) is 0 Å². The van der Waals surface area contributed by atoms with Crippen molar-refractivity contribution < 1.29 is 4.79 Å². The lowest BCUT2D eigenvalue weighted by atomic mass is 10.2. The first-order valence-corrected chi connectivity index (χ1v) is 11.0. The fourth-order valence-electron chi connectivity index (χ4n) is 3.08. The highest BCUT2D eigenvalue weighted by atomic mass is 32.2. The van der Waals surface area contributed by atoms with Gasteiger partial charge in [0.15, 0.2) is 5.16 Å². The summed E-state index contributed by atoms with van der Waals surface area (Å²) in [4.78, 5) is 31.9. The van der Waals surface area contributed by atoms with Crippen molar-refractivity contribution >= 4 is 39.2 Å². The Hall–Kier alpha value is -1.34. The fourth-order valence-corrected chi connectivity index (χ4v) is 4.97. The summed E-state index contributed by atoms with van der Waals surface area (Å²) < 4.78 is 1.74. The third kappa shape index (κ3) is 4.14. The third-order valence-electron chi connectivity index (χ3n) is 4.85. The van der Waals surface area contributed by atoms with Crippen LogP contribution in [0, 0.1) is 25.7 Å². The van der Waals surface area contributed by atoms with Gasteiger partial charge in [0, 0.05) is 17.5 Å². The molecule has 1 fully saturated rings. The SMILES string of the molecule is Cc1sc2nc(SCC(=O)N[C@@H](C)C3CC3)n(CC(C)C)c(=O)c2c1C. The summed E-state index contributed by atoms with van der Waals surface area (Å²) in [6.45, 7) is 10.8. The number of thioether (sulfide) groups is 1. The van der Waals surface area contributed by atoms with E-state index in [4.69, 9.17) is 4.98 Å². The number of rotatable bonds is 7. The van der Waals surface area contributed by atoms with Crippen molar-refractivity contribution in [2.24, 2.45) is 11.8 Å². The monoisotopic (exact) mass is 393 g/mol. The van der Waals surface area contributed by atoms with Crippen molar-refractivity contribution in [2.75, 3.05) is 5.75 Å². The molecule has 1 aliphatic carbocycles. The standard InChI is InChI=1S/C19H27N3O2S2/c1-10(2)8-22-18(24)16-11(3)13(5)26-17(16)21-19(22)25-9-15(23)20-12(4)14-6-7-14/h10,12,14H,6-9H2,1-5H3,(H,20,23)/t12-/m0/s1. The van der Waals surface area contributed by atoms with Crippen LogP contribution < -0.4 is 10.9 Å². The van der Waals surface area contributed by atoms with Crippen LogP contribution in [0.2, 0.25) is 0 Å². The van der Waals surface area contributed by atoms with Crippen LogP contribution in [0.1, 0.15) is 44.1 Å². The number of carbonyl (C=O) groups is 1. The Balaban J connectivity index is 1.85. The van der Waals surface area contributed by atoms with Gasteiger partial charge in [0.2, 0.25) is 5.91 Å². The molecule has 2 heterocycles. The van der Waals surface area contributed by atoms with E-state index in [9.17, 15) is 9.59 Å². The third-order valence-corrected chi connectivity index (χ3v) is 6.93. The number of amides is 1. The summed E-state index contributed by atoms with van der Waals surface area (Å²) in [5.41, 5.74) is 1.03. The van der Waals surface area contributed by atoms with Crippen molar-refractivity contribution in [2.45, 2.75) is 65.2 Å². The molecular formula is C19H27N3O2S2. The fraction of sp³-hybridized carbons (Fsp3) is 0.632. The molecule has 1 aliphatic rings. The van der Waals surface area contributed by atoms with E-state index < -0.39 is 0 Å². The summed E-state index contributed by atoms with van der Waals surface area (Å²) in [6, 6.07) is 0.235. The molecule has 0 aromatic carbocycles. The first-order chi connectivity index (χ1) is 12.3. The molecule has 5 nitrogen and oxygen atoms in total. The minimum absolute atomic E-state index is 0.0124. The molecule has 0 unspecified atom stereocenters. The molecule has 26 heavy (non-hydrogen) atoms. The first kappa shape index (κ1) is 19.4. The number of thiophene rings is 1. The highest BCUT2D eigenvalue weighted by Crippen LogP contribution is 2.32. The van der Waals surface area contributed by atoms with Crippen molar-refractivity contribution in [3.05, 3.63) is 20.8 Å². The van der Waals surface area contributed by atoms with Gasteiger partial charge < -0.3 is 5.32 Å². The van der Waals surface area contributed by atoms with Gasteiger partial charge in [-0.3, -0.25) is 14.2 Å². The van der Waals surface area contributed by atoms with Crippen LogP contribution in [0.5, 0.6) is 0 Å². The van der Waals surface area contributed by atoms with Crippen LogP contribution in [0.3, 0.4) is 0 Å². The van der Waals surface area contributed by atoms with Crippen LogP contribution in [-0.2, 0) is 11.3 Å². The normalized spacial score (nSPS) is 15.6. The molecule has 142 valence electrons. The summed E-state index contributed by atoms with van der Waals surface area (Å²) in [6.07, 6.45) is 2.41. The van der Waals surface area contributed by atoms with Crippen molar-refractivity contribution in [3.63, 3.8) is 0 Å². The average molecular weight is 394 g/mol. The van der Waals surface area contributed by atoms with E-state index in [2.05, 4.69) is 26.1 Å². The maximum atomic E-state index is 13.1. The zero-order valence-electron chi connectivity index (χ0n) is 16.1. The largest absolute Gasteiger partial charge is 0.353 e. The van der Waals surface area contributed by atoms with Crippen LogP contribution in [-0.4, -0.2) is 27.3 Å². The molecule has 1 atom stereocenters. The lowest BCUT2D eigenvalue weighted by Crippen LogP contribution is -2.35. The second-order valence-corrected chi connectivity index (χ2v) is 9.80. The maximum Gasteiger partial charge on any atom is 0.263 e. The highest BCUT2D eigenvalue weighted by Gasteiger charge is 2.29. The molecule has 0 aliphatic heterocycles. The summed E-state index contributed by atoms with van der Waals surface area (Å²) in [5, 5.41) is 4.44. The van der Waals surface area contributed by atoms with Crippen LogP contribution >= 0.6 is 23.1 Å². The van der Waals surface area contributed by atoms with Gasteiger partial charge in [0.1, 0.15) is 4.83 Å². The number of aromatic nitrogens is 2. The predicted molar refractivity (Wildman–Crippen MR) is 109 cm³/mol. The Labute approximate surface area is 162 Å². The zero-order chi connectivity index (χ0) is 19.0. The summed E-state index contributed by atoms with van der Waals surface area (Å²) in [7, 11) is 0. The zero-order valence-corrected chi connectivity index (χ0v) is 17.7. The number of hydrogen-bond acceptors (Lipinski definition) is 5. The molecule has 2 aromatic rings. The molecule has 1 N–H and O–H groups in total. The minimum atomic E-state index is 0.0124. The van der Waals surface area contributed by atoms with Crippen molar-refractivity contribution in [1.29, 1.82) is 0 Å². The number of aryl methyl sites for hydroxylation is 2. The summed E-state index contributed by atoms with van der Waals surface area (Å²) >= 11 is 2.92.